The van der Waals surface area contributed by atoms with Gasteiger partial charge in [-0.25, -0.2) is 9.67 Å². The average Bonchev–Trinajstić information content (AvgIpc) is 3.32. The Morgan fingerprint density at radius 3 is 3.00 bits per heavy atom. The number of fused-ring (bicyclic) bond motifs is 1. The topological polar surface area (TPSA) is 78.0 Å². The van der Waals surface area contributed by atoms with E-state index >= 15 is 0 Å². The second-order valence-corrected chi connectivity index (χ2v) is 6.65. The number of anilines is 1. The van der Waals surface area contributed by atoms with Crippen LogP contribution in [-0.4, -0.2) is 27.0 Å². The van der Waals surface area contributed by atoms with Crippen molar-refractivity contribution in [1.82, 2.24) is 19.9 Å². The van der Waals surface area contributed by atoms with Gasteiger partial charge in [0.2, 0.25) is 0 Å². The number of hydrogen-bond acceptors (Lipinski definition) is 7. The Balaban J connectivity index is 1.49. The van der Waals surface area contributed by atoms with Gasteiger partial charge in [0.1, 0.15) is 11.4 Å². The Morgan fingerprint density at radius 2 is 2.20 bits per heavy atom. The number of rotatable bonds is 5. The number of nitrogens with one attached hydrogen (secondary N) is 1. The van der Waals surface area contributed by atoms with Crippen LogP contribution in [0.15, 0.2) is 34.9 Å². The van der Waals surface area contributed by atoms with Gasteiger partial charge in [-0.3, -0.25) is 0 Å². The Hall–Kier alpha value is -2.87. The van der Waals surface area contributed by atoms with E-state index in [1.54, 1.807) is 23.1 Å². The quantitative estimate of drug-likeness (QED) is 0.589. The Labute approximate surface area is 148 Å². The molecule has 128 valence electrons. The molecule has 0 amide bonds. The lowest BCUT2D eigenvalue weighted by molar-refractivity contribution is 0.412. The number of ether oxygens (including phenoxy) is 1. The molecule has 0 radical (unpaired) electrons. The van der Waals surface area contributed by atoms with Gasteiger partial charge in [0.05, 0.1) is 24.0 Å². The lowest BCUT2D eigenvalue weighted by Gasteiger charge is -2.00. The van der Waals surface area contributed by atoms with Crippen molar-refractivity contribution in [1.29, 1.82) is 0 Å². The van der Waals surface area contributed by atoms with Crippen LogP contribution in [0.2, 0.25) is 0 Å². The van der Waals surface area contributed by atoms with Crippen LogP contribution in [-0.2, 0) is 13.6 Å². The number of aryl methyl sites for hydroxylation is 2. The normalized spacial score (nSPS) is 11.2. The molecule has 0 unspecified atom stereocenters. The van der Waals surface area contributed by atoms with E-state index in [1.807, 2.05) is 44.3 Å². The van der Waals surface area contributed by atoms with E-state index in [0.717, 1.165) is 38.2 Å². The Bertz CT molecular complexity index is 998. The van der Waals surface area contributed by atoms with Gasteiger partial charge >= 0.3 is 0 Å². The summed E-state index contributed by atoms with van der Waals surface area (Å²) in [6.45, 7) is 2.53. The van der Waals surface area contributed by atoms with E-state index in [9.17, 15) is 0 Å². The van der Waals surface area contributed by atoms with E-state index < -0.39 is 0 Å². The minimum atomic E-state index is 0.541. The molecule has 0 aliphatic rings. The Kier molecular flexibility index (Phi) is 3.89. The fraction of sp³-hybridized carbons (Fsp3) is 0.235. The van der Waals surface area contributed by atoms with Gasteiger partial charge in [0.25, 0.3) is 0 Å². The highest BCUT2D eigenvalue weighted by Gasteiger charge is 2.12. The monoisotopic (exact) mass is 355 g/mol. The summed E-state index contributed by atoms with van der Waals surface area (Å²) in [5.41, 5.74) is 3.62. The molecule has 0 aliphatic heterocycles. The molecule has 7 nitrogen and oxygen atoms in total. The molecule has 4 rings (SSSR count). The van der Waals surface area contributed by atoms with Crippen LogP contribution < -0.4 is 10.1 Å². The molecule has 8 heteroatoms. The zero-order valence-corrected chi connectivity index (χ0v) is 14.9. The highest BCUT2D eigenvalue weighted by Crippen LogP contribution is 2.29. The highest BCUT2D eigenvalue weighted by atomic mass is 32.1. The van der Waals surface area contributed by atoms with Crippen molar-refractivity contribution >= 4 is 26.8 Å². The lowest BCUT2D eigenvalue weighted by Crippen LogP contribution is -1.99. The summed E-state index contributed by atoms with van der Waals surface area (Å²) in [7, 11) is 3.54. The third-order valence-corrected chi connectivity index (χ3v) is 4.99. The SMILES string of the molecule is COc1cccc(-c2cc(CNc3nc4c(s3)c(C)nn4C)no2)c1. The van der Waals surface area contributed by atoms with Gasteiger partial charge in [0.15, 0.2) is 16.5 Å². The maximum atomic E-state index is 5.44. The first-order valence-electron chi connectivity index (χ1n) is 7.78. The highest BCUT2D eigenvalue weighted by molar-refractivity contribution is 7.22. The van der Waals surface area contributed by atoms with Crippen molar-refractivity contribution in [3.8, 4) is 17.1 Å². The number of benzene rings is 1. The summed E-state index contributed by atoms with van der Waals surface area (Å²) >= 11 is 1.59. The van der Waals surface area contributed by atoms with E-state index in [0.29, 0.717) is 12.3 Å². The molecule has 3 aromatic heterocycles. The summed E-state index contributed by atoms with van der Waals surface area (Å²) in [4.78, 5) is 4.57. The summed E-state index contributed by atoms with van der Waals surface area (Å²) in [6, 6.07) is 9.62. The minimum Gasteiger partial charge on any atom is -0.497 e. The second-order valence-electron chi connectivity index (χ2n) is 5.65. The molecule has 25 heavy (non-hydrogen) atoms. The molecular weight excluding hydrogens is 338 g/mol. The van der Waals surface area contributed by atoms with Crippen LogP contribution in [0.4, 0.5) is 5.13 Å². The van der Waals surface area contributed by atoms with E-state index in [1.165, 1.54) is 0 Å². The van der Waals surface area contributed by atoms with Crippen molar-refractivity contribution in [2.75, 3.05) is 12.4 Å². The molecule has 0 aliphatic carbocycles. The number of hydrogen-bond donors (Lipinski definition) is 1. The molecule has 0 fully saturated rings. The first-order valence-corrected chi connectivity index (χ1v) is 8.59. The van der Waals surface area contributed by atoms with Crippen molar-refractivity contribution in [2.24, 2.45) is 7.05 Å². The zero-order chi connectivity index (χ0) is 17.4. The molecule has 4 aromatic rings. The summed E-state index contributed by atoms with van der Waals surface area (Å²) in [5.74, 6) is 1.49. The minimum absolute atomic E-state index is 0.541. The molecule has 0 saturated carbocycles. The fourth-order valence-electron chi connectivity index (χ4n) is 2.63. The van der Waals surface area contributed by atoms with Crippen LogP contribution in [0.25, 0.3) is 21.7 Å². The first-order chi connectivity index (χ1) is 12.1. The molecule has 1 aromatic carbocycles. The van der Waals surface area contributed by atoms with Crippen LogP contribution in [0, 0.1) is 6.92 Å². The van der Waals surface area contributed by atoms with E-state index in [4.69, 9.17) is 9.26 Å². The fourth-order valence-corrected chi connectivity index (χ4v) is 3.56. The summed E-state index contributed by atoms with van der Waals surface area (Å²) in [6.07, 6.45) is 0. The predicted molar refractivity (Wildman–Crippen MR) is 96.9 cm³/mol. The number of thiazole rings is 1. The van der Waals surface area contributed by atoms with Crippen molar-refractivity contribution in [2.45, 2.75) is 13.5 Å². The number of nitrogens with zero attached hydrogens (tertiary/aromatic N) is 4. The summed E-state index contributed by atoms with van der Waals surface area (Å²) in [5, 5.41) is 12.6. The molecule has 0 bridgehead atoms. The van der Waals surface area contributed by atoms with Gasteiger partial charge in [-0.1, -0.05) is 28.6 Å². The standard InChI is InChI=1S/C17H17N5O2S/c1-10-15-16(22(2)20-10)19-17(25-15)18-9-12-8-14(24-21-12)11-5-4-6-13(7-11)23-3/h4-8H,9H2,1-3H3,(H,18,19). The Morgan fingerprint density at radius 1 is 1.32 bits per heavy atom. The van der Waals surface area contributed by atoms with Crippen LogP contribution in [0.3, 0.4) is 0 Å². The van der Waals surface area contributed by atoms with Crippen LogP contribution in [0.5, 0.6) is 5.75 Å². The smallest absolute Gasteiger partial charge is 0.185 e. The largest absolute Gasteiger partial charge is 0.497 e. The van der Waals surface area contributed by atoms with Crippen molar-refractivity contribution in [3.05, 3.63) is 41.7 Å². The third-order valence-electron chi connectivity index (χ3n) is 3.88. The van der Waals surface area contributed by atoms with E-state index in [2.05, 4.69) is 20.6 Å². The van der Waals surface area contributed by atoms with Gasteiger partial charge in [-0.15, -0.1) is 0 Å². The number of aromatic nitrogens is 4. The van der Waals surface area contributed by atoms with Crippen LogP contribution >= 0.6 is 11.3 Å². The van der Waals surface area contributed by atoms with Crippen molar-refractivity contribution < 1.29 is 9.26 Å². The van der Waals surface area contributed by atoms with Gasteiger partial charge in [-0.05, 0) is 19.1 Å². The van der Waals surface area contributed by atoms with E-state index in [-0.39, 0.29) is 0 Å². The zero-order valence-electron chi connectivity index (χ0n) is 14.1. The molecule has 0 spiro atoms. The summed E-state index contributed by atoms with van der Waals surface area (Å²) < 4.78 is 13.6. The molecule has 0 atom stereocenters. The van der Waals surface area contributed by atoms with Crippen LogP contribution in [0.1, 0.15) is 11.4 Å². The molecule has 1 N–H and O–H groups in total. The maximum Gasteiger partial charge on any atom is 0.185 e. The maximum absolute atomic E-state index is 5.44. The molecule has 3 heterocycles. The van der Waals surface area contributed by atoms with Crippen molar-refractivity contribution in [3.63, 3.8) is 0 Å². The van der Waals surface area contributed by atoms with Gasteiger partial charge in [0, 0.05) is 18.7 Å². The number of methoxy groups -OCH3 is 1. The lowest BCUT2D eigenvalue weighted by atomic mass is 10.1. The predicted octanol–water partition coefficient (Wildman–Crippen LogP) is 3.61. The van der Waals surface area contributed by atoms with Gasteiger partial charge in [-0.2, -0.15) is 5.10 Å². The van der Waals surface area contributed by atoms with Gasteiger partial charge < -0.3 is 14.6 Å². The second kappa shape index (κ2) is 6.21. The molecular formula is C17H17N5O2S. The average molecular weight is 355 g/mol. The molecule has 0 saturated heterocycles. The third kappa shape index (κ3) is 2.96. The first kappa shape index (κ1) is 15.6.